The van der Waals surface area contributed by atoms with Gasteiger partial charge in [-0.15, -0.1) is 0 Å². The van der Waals surface area contributed by atoms with Crippen LogP contribution in [0.1, 0.15) is 23.7 Å². The number of carbonyl (C=O) groups is 1. The number of anilines is 1. The van der Waals surface area contributed by atoms with Gasteiger partial charge in [0.05, 0.1) is 4.92 Å². The summed E-state index contributed by atoms with van der Waals surface area (Å²) in [4.78, 5) is 24.6. The molecule has 0 spiro atoms. The minimum absolute atomic E-state index is 0.0344. The molecule has 1 unspecified atom stereocenters. The van der Waals surface area contributed by atoms with Gasteiger partial charge in [-0.05, 0) is 24.8 Å². The molecule has 1 aromatic carbocycles. The van der Waals surface area contributed by atoms with Gasteiger partial charge < -0.3 is 10.2 Å². The van der Waals surface area contributed by atoms with Crippen molar-refractivity contribution in [1.82, 2.24) is 4.90 Å². The molecule has 0 heterocycles. The van der Waals surface area contributed by atoms with Gasteiger partial charge in [0.15, 0.2) is 0 Å². The first-order valence-corrected chi connectivity index (χ1v) is 8.07. The van der Waals surface area contributed by atoms with Crippen LogP contribution >= 0.6 is 11.8 Å². The summed E-state index contributed by atoms with van der Waals surface area (Å²) < 4.78 is 0. The molecule has 0 fully saturated rings. The highest BCUT2D eigenvalue weighted by atomic mass is 32.2. The van der Waals surface area contributed by atoms with Gasteiger partial charge >= 0.3 is 0 Å². The number of hydrogen-bond donors (Lipinski definition) is 1. The standard InChI is InChI=1S/C14H21N3O3S/c1-5-11(9-21-4)16(3)14(18)10-6-7-13(17(19)20)12(8-10)15-2/h6-8,11,15H,5,9H2,1-4H3. The molecule has 1 rings (SSSR count). The molecule has 0 aliphatic heterocycles. The van der Waals surface area contributed by atoms with Crippen LogP contribution in [0.2, 0.25) is 0 Å². The highest BCUT2D eigenvalue weighted by Gasteiger charge is 2.22. The number of nitro benzene ring substituents is 1. The second-order valence-corrected chi connectivity index (χ2v) is 5.58. The molecule has 1 N–H and O–H groups in total. The molecular weight excluding hydrogens is 290 g/mol. The number of amides is 1. The first kappa shape index (κ1) is 17.3. The van der Waals surface area contributed by atoms with Crippen LogP contribution in [0.15, 0.2) is 18.2 Å². The maximum Gasteiger partial charge on any atom is 0.292 e. The highest BCUT2D eigenvalue weighted by molar-refractivity contribution is 7.98. The van der Waals surface area contributed by atoms with Crippen LogP contribution in [-0.2, 0) is 0 Å². The second-order valence-electron chi connectivity index (χ2n) is 4.67. The number of rotatable bonds is 7. The quantitative estimate of drug-likeness (QED) is 0.619. The number of hydrogen-bond acceptors (Lipinski definition) is 5. The van der Waals surface area contributed by atoms with Crippen LogP contribution in [-0.4, -0.2) is 47.9 Å². The maximum atomic E-state index is 12.5. The molecule has 1 atom stereocenters. The Labute approximate surface area is 129 Å². The van der Waals surface area contributed by atoms with E-state index in [4.69, 9.17) is 0 Å². The minimum atomic E-state index is -0.466. The number of nitrogens with one attached hydrogen (secondary N) is 1. The maximum absolute atomic E-state index is 12.5. The third-order valence-electron chi connectivity index (χ3n) is 3.41. The van der Waals surface area contributed by atoms with Crippen LogP contribution in [0.25, 0.3) is 0 Å². The van der Waals surface area contributed by atoms with Gasteiger partial charge in [-0.1, -0.05) is 6.92 Å². The van der Waals surface area contributed by atoms with E-state index in [1.54, 1.807) is 30.8 Å². The average Bonchev–Trinajstić information content (AvgIpc) is 2.50. The van der Waals surface area contributed by atoms with Gasteiger partial charge in [0.2, 0.25) is 0 Å². The number of nitrogens with zero attached hydrogens (tertiary/aromatic N) is 2. The molecule has 1 aromatic rings. The lowest BCUT2D eigenvalue weighted by Gasteiger charge is -2.27. The first-order chi connectivity index (χ1) is 9.96. The summed E-state index contributed by atoms with van der Waals surface area (Å²) >= 11 is 1.69. The van der Waals surface area contributed by atoms with Crippen LogP contribution in [0.4, 0.5) is 11.4 Å². The Hall–Kier alpha value is -1.76. The van der Waals surface area contributed by atoms with E-state index < -0.39 is 4.92 Å². The van der Waals surface area contributed by atoms with E-state index in [1.807, 2.05) is 13.2 Å². The number of thioether (sulfide) groups is 1. The highest BCUT2D eigenvalue weighted by Crippen LogP contribution is 2.26. The number of carbonyl (C=O) groups excluding carboxylic acids is 1. The van der Waals surface area contributed by atoms with E-state index in [9.17, 15) is 14.9 Å². The summed E-state index contributed by atoms with van der Waals surface area (Å²) in [6.07, 6.45) is 2.88. The second kappa shape index (κ2) is 7.87. The third kappa shape index (κ3) is 4.10. The summed E-state index contributed by atoms with van der Waals surface area (Å²) in [5, 5.41) is 13.7. The van der Waals surface area contributed by atoms with Gasteiger partial charge in [-0.25, -0.2) is 0 Å². The van der Waals surface area contributed by atoms with Crippen LogP contribution in [0, 0.1) is 10.1 Å². The fourth-order valence-corrected chi connectivity index (χ4v) is 2.94. The smallest absolute Gasteiger partial charge is 0.292 e. The van der Waals surface area contributed by atoms with Crippen molar-refractivity contribution in [2.45, 2.75) is 19.4 Å². The van der Waals surface area contributed by atoms with Gasteiger partial charge in [0.1, 0.15) is 5.69 Å². The normalized spacial score (nSPS) is 11.8. The largest absolute Gasteiger partial charge is 0.383 e. The molecule has 0 aromatic heterocycles. The third-order valence-corrected chi connectivity index (χ3v) is 4.13. The predicted octanol–water partition coefficient (Wildman–Crippen LogP) is 2.85. The lowest BCUT2D eigenvalue weighted by atomic mass is 10.1. The van der Waals surface area contributed by atoms with Crippen molar-refractivity contribution in [3.05, 3.63) is 33.9 Å². The molecular formula is C14H21N3O3S. The van der Waals surface area contributed by atoms with Crippen LogP contribution in [0.3, 0.4) is 0 Å². The Kier molecular flexibility index (Phi) is 6.48. The molecule has 0 aliphatic rings. The van der Waals surface area contributed by atoms with Crippen molar-refractivity contribution in [2.24, 2.45) is 0 Å². The van der Waals surface area contributed by atoms with Crippen molar-refractivity contribution in [2.75, 3.05) is 31.4 Å². The first-order valence-electron chi connectivity index (χ1n) is 6.68. The lowest BCUT2D eigenvalue weighted by molar-refractivity contribution is -0.383. The summed E-state index contributed by atoms with van der Waals surface area (Å²) in [6.45, 7) is 2.04. The van der Waals surface area contributed by atoms with Crippen molar-refractivity contribution in [1.29, 1.82) is 0 Å². The Morgan fingerprint density at radius 2 is 2.19 bits per heavy atom. The van der Waals surface area contributed by atoms with E-state index in [-0.39, 0.29) is 17.6 Å². The van der Waals surface area contributed by atoms with E-state index in [0.29, 0.717) is 11.3 Å². The van der Waals surface area contributed by atoms with Gasteiger partial charge in [0.25, 0.3) is 11.6 Å². The summed E-state index contributed by atoms with van der Waals surface area (Å²) in [7, 11) is 3.37. The zero-order chi connectivity index (χ0) is 16.0. The predicted molar refractivity (Wildman–Crippen MR) is 87.2 cm³/mol. The molecule has 7 heteroatoms. The van der Waals surface area contributed by atoms with Gasteiger partial charge in [-0.2, -0.15) is 11.8 Å². The Balaban J connectivity index is 3.04. The molecule has 0 aliphatic carbocycles. The fraction of sp³-hybridized carbons (Fsp3) is 0.500. The van der Waals surface area contributed by atoms with Gasteiger partial charge in [0, 0.05) is 37.5 Å². The average molecular weight is 311 g/mol. The van der Waals surface area contributed by atoms with Crippen LogP contribution in [0.5, 0.6) is 0 Å². The van der Waals surface area contributed by atoms with Crippen LogP contribution < -0.4 is 5.32 Å². The Morgan fingerprint density at radius 1 is 1.52 bits per heavy atom. The topological polar surface area (TPSA) is 75.5 Å². The van der Waals surface area contributed by atoms with E-state index >= 15 is 0 Å². The fourth-order valence-electron chi connectivity index (χ4n) is 2.09. The monoisotopic (exact) mass is 311 g/mol. The Morgan fingerprint density at radius 3 is 2.67 bits per heavy atom. The van der Waals surface area contributed by atoms with E-state index in [0.717, 1.165) is 12.2 Å². The number of benzene rings is 1. The molecule has 0 radical (unpaired) electrons. The van der Waals surface area contributed by atoms with Gasteiger partial charge in [-0.3, -0.25) is 14.9 Å². The molecule has 0 bridgehead atoms. The Bertz CT molecular complexity index is 522. The molecule has 0 saturated heterocycles. The molecule has 0 saturated carbocycles. The van der Waals surface area contributed by atoms with Crippen molar-refractivity contribution < 1.29 is 9.72 Å². The lowest BCUT2D eigenvalue weighted by Crippen LogP contribution is -2.38. The molecule has 116 valence electrons. The zero-order valence-corrected chi connectivity index (χ0v) is 13.6. The molecule has 1 amide bonds. The summed E-state index contributed by atoms with van der Waals surface area (Å²) in [5.41, 5.74) is 0.761. The summed E-state index contributed by atoms with van der Waals surface area (Å²) in [5.74, 6) is 0.743. The SMILES string of the molecule is CCC(CSC)N(C)C(=O)c1ccc([N+](=O)[O-])c(NC)c1. The van der Waals surface area contributed by atoms with Crippen molar-refractivity contribution >= 4 is 29.0 Å². The minimum Gasteiger partial charge on any atom is -0.383 e. The van der Waals surface area contributed by atoms with E-state index in [1.165, 1.54) is 18.2 Å². The van der Waals surface area contributed by atoms with Crippen molar-refractivity contribution in [3.8, 4) is 0 Å². The molecule has 6 nitrogen and oxygen atoms in total. The van der Waals surface area contributed by atoms with E-state index in [2.05, 4.69) is 5.32 Å². The molecule has 21 heavy (non-hydrogen) atoms. The van der Waals surface area contributed by atoms with Crippen molar-refractivity contribution in [3.63, 3.8) is 0 Å². The summed E-state index contributed by atoms with van der Waals surface area (Å²) in [6, 6.07) is 4.55. The zero-order valence-electron chi connectivity index (χ0n) is 12.8. The number of nitro groups is 1.